The Morgan fingerprint density at radius 3 is 2.67 bits per heavy atom. The van der Waals surface area contributed by atoms with Crippen molar-refractivity contribution in [1.29, 1.82) is 0 Å². The molecule has 1 amide bonds. The summed E-state index contributed by atoms with van der Waals surface area (Å²) >= 11 is 1.34. The van der Waals surface area contributed by atoms with Crippen LogP contribution < -0.4 is 5.32 Å². The molecule has 0 aliphatic heterocycles. The summed E-state index contributed by atoms with van der Waals surface area (Å²) in [5, 5.41) is 10.6. The van der Waals surface area contributed by atoms with E-state index in [0.717, 1.165) is 24.2 Å². The molecule has 0 fully saturated rings. The van der Waals surface area contributed by atoms with E-state index < -0.39 is 0 Å². The van der Waals surface area contributed by atoms with Crippen molar-refractivity contribution in [2.45, 2.75) is 37.9 Å². The van der Waals surface area contributed by atoms with Crippen molar-refractivity contribution in [2.24, 2.45) is 0 Å². The Morgan fingerprint density at radius 1 is 1.29 bits per heavy atom. The Bertz CT molecular complexity index is 566. The van der Waals surface area contributed by atoms with Crippen molar-refractivity contribution >= 4 is 17.7 Å². The number of aromatic nitrogens is 3. The number of rotatable bonds is 7. The molecule has 0 aliphatic rings. The molecule has 0 bridgehead atoms. The first-order valence-corrected chi connectivity index (χ1v) is 8.11. The van der Waals surface area contributed by atoms with Gasteiger partial charge in [-0.25, -0.2) is 4.98 Å². The minimum atomic E-state index is 0.0276. The Morgan fingerprint density at radius 2 is 2.00 bits per heavy atom. The number of hydrogen-bond acceptors (Lipinski definition) is 4. The van der Waals surface area contributed by atoms with Crippen LogP contribution in [0, 0.1) is 0 Å². The SMILES string of the molecule is CCC(CC)NC(=O)CSc1n[nH]c(-c2ccccc2)n1. The summed E-state index contributed by atoms with van der Waals surface area (Å²) in [4.78, 5) is 16.2. The number of carbonyl (C=O) groups excluding carboxylic acids is 1. The van der Waals surface area contributed by atoms with Gasteiger partial charge in [0.2, 0.25) is 11.1 Å². The van der Waals surface area contributed by atoms with E-state index >= 15 is 0 Å². The first-order chi connectivity index (χ1) is 10.2. The van der Waals surface area contributed by atoms with Crippen LogP contribution >= 0.6 is 11.8 Å². The Balaban J connectivity index is 1.87. The van der Waals surface area contributed by atoms with Gasteiger partial charge in [-0.2, -0.15) is 0 Å². The van der Waals surface area contributed by atoms with Crippen LogP contribution in [0.1, 0.15) is 26.7 Å². The maximum absolute atomic E-state index is 11.8. The van der Waals surface area contributed by atoms with E-state index in [4.69, 9.17) is 0 Å². The molecule has 1 heterocycles. The van der Waals surface area contributed by atoms with Gasteiger partial charge in [0.25, 0.3) is 0 Å². The number of thioether (sulfide) groups is 1. The maximum atomic E-state index is 11.8. The molecule has 1 aromatic carbocycles. The molecule has 6 heteroatoms. The van der Waals surface area contributed by atoms with Crippen LogP contribution in [0.25, 0.3) is 11.4 Å². The van der Waals surface area contributed by atoms with E-state index in [0.29, 0.717) is 10.9 Å². The molecule has 0 radical (unpaired) electrons. The second kappa shape index (κ2) is 7.83. The number of carbonyl (C=O) groups is 1. The second-order valence-electron chi connectivity index (χ2n) is 4.70. The molecule has 2 aromatic rings. The molecule has 112 valence electrons. The predicted octanol–water partition coefficient (Wildman–Crippen LogP) is 2.87. The molecule has 1 aromatic heterocycles. The quantitative estimate of drug-likeness (QED) is 0.772. The van der Waals surface area contributed by atoms with Crippen molar-refractivity contribution < 1.29 is 4.79 Å². The molecular formula is C15H20N4OS. The zero-order valence-corrected chi connectivity index (χ0v) is 13.1. The molecule has 0 saturated heterocycles. The Kier molecular flexibility index (Phi) is 5.80. The highest BCUT2D eigenvalue weighted by Gasteiger charge is 2.11. The van der Waals surface area contributed by atoms with Crippen molar-refractivity contribution in [3.63, 3.8) is 0 Å². The molecule has 2 N–H and O–H groups in total. The smallest absolute Gasteiger partial charge is 0.230 e. The van der Waals surface area contributed by atoms with Crippen LogP contribution in [0.2, 0.25) is 0 Å². The van der Waals surface area contributed by atoms with E-state index in [1.165, 1.54) is 11.8 Å². The predicted molar refractivity (Wildman–Crippen MR) is 85.1 cm³/mol. The summed E-state index contributed by atoms with van der Waals surface area (Å²) in [5.41, 5.74) is 0.985. The lowest BCUT2D eigenvalue weighted by molar-refractivity contribution is -0.119. The van der Waals surface area contributed by atoms with E-state index in [-0.39, 0.29) is 11.9 Å². The summed E-state index contributed by atoms with van der Waals surface area (Å²) in [6, 6.07) is 10.0. The molecule has 0 saturated carbocycles. The third-order valence-corrected chi connectivity index (χ3v) is 4.04. The first kappa shape index (κ1) is 15.6. The van der Waals surface area contributed by atoms with Gasteiger partial charge < -0.3 is 5.32 Å². The fourth-order valence-corrected chi connectivity index (χ4v) is 2.54. The van der Waals surface area contributed by atoms with Gasteiger partial charge in [0, 0.05) is 11.6 Å². The lowest BCUT2D eigenvalue weighted by Gasteiger charge is -2.13. The standard InChI is InChI=1S/C15H20N4OS/c1-3-12(4-2)16-13(20)10-21-15-17-14(18-19-15)11-8-6-5-7-9-11/h5-9,12H,3-4,10H2,1-2H3,(H,16,20)(H,17,18,19). The average molecular weight is 304 g/mol. The van der Waals surface area contributed by atoms with Crippen LogP contribution in [0.5, 0.6) is 0 Å². The maximum Gasteiger partial charge on any atom is 0.230 e. The van der Waals surface area contributed by atoms with Crippen molar-refractivity contribution in [3.05, 3.63) is 30.3 Å². The highest BCUT2D eigenvalue weighted by molar-refractivity contribution is 7.99. The fraction of sp³-hybridized carbons (Fsp3) is 0.400. The largest absolute Gasteiger partial charge is 0.353 e. The topological polar surface area (TPSA) is 70.7 Å². The minimum absolute atomic E-state index is 0.0276. The molecule has 5 nitrogen and oxygen atoms in total. The Hall–Kier alpha value is -1.82. The molecule has 2 rings (SSSR count). The van der Waals surface area contributed by atoms with Crippen molar-refractivity contribution in [2.75, 3.05) is 5.75 Å². The fourth-order valence-electron chi connectivity index (χ4n) is 1.93. The highest BCUT2D eigenvalue weighted by atomic mass is 32.2. The van der Waals surface area contributed by atoms with Gasteiger partial charge in [0.05, 0.1) is 5.75 Å². The van der Waals surface area contributed by atoms with Crippen LogP contribution in [0.3, 0.4) is 0 Å². The summed E-state index contributed by atoms with van der Waals surface area (Å²) in [6.45, 7) is 4.14. The van der Waals surface area contributed by atoms with Gasteiger partial charge in [-0.3, -0.25) is 9.89 Å². The number of amides is 1. The lowest BCUT2D eigenvalue weighted by atomic mass is 10.2. The minimum Gasteiger partial charge on any atom is -0.353 e. The van der Waals surface area contributed by atoms with Gasteiger partial charge in [-0.05, 0) is 12.8 Å². The number of H-pyrrole nitrogens is 1. The van der Waals surface area contributed by atoms with Crippen LogP contribution in [0.15, 0.2) is 35.5 Å². The number of aromatic amines is 1. The van der Waals surface area contributed by atoms with E-state index in [1.807, 2.05) is 30.3 Å². The third-order valence-electron chi connectivity index (χ3n) is 3.20. The normalized spacial score (nSPS) is 10.8. The number of nitrogens with one attached hydrogen (secondary N) is 2. The molecule has 0 atom stereocenters. The van der Waals surface area contributed by atoms with Gasteiger partial charge in [-0.15, -0.1) is 5.10 Å². The van der Waals surface area contributed by atoms with Crippen molar-refractivity contribution in [3.8, 4) is 11.4 Å². The van der Waals surface area contributed by atoms with E-state index in [9.17, 15) is 4.79 Å². The zero-order valence-electron chi connectivity index (χ0n) is 12.3. The van der Waals surface area contributed by atoms with Gasteiger partial charge in [-0.1, -0.05) is 55.9 Å². The summed E-state index contributed by atoms with van der Waals surface area (Å²) in [7, 11) is 0. The van der Waals surface area contributed by atoms with E-state index in [1.54, 1.807) is 0 Å². The molecule has 0 unspecified atom stereocenters. The average Bonchev–Trinajstić information content (AvgIpc) is 3.00. The zero-order chi connectivity index (χ0) is 15.1. The Labute approximate surface area is 128 Å². The number of nitrogens with zero attached hydrogens (tertiary/aromatic N) is 2. The summed E-state index contributed by atoms with van der Waals surface area (Å²) < 4.78 is 0. The summed E-state index contributed by atoms with van der Waals surface area (Å²) in [6.07, 6.45) is 1.90. The van der Waals surface area contributed by atoms with Crippen molar-refractivity contribution in [1.82, 2.24) is 20.5 Å². The first-order valence-electron chi connectivity index (χ1n) is 7.12. The van der Waals surface area contributed by atoms with Crippen LogP contribution in [-0.2, 0) is 4.79 Å². The summed E-state index contributed by atoms with van der Waals surface area (Å²) in [5.74, 6) is 1.08. The molecule has 0 aliphatic carbocycles. The molecular weight excluding hydrogens is 284 g/mol. The monoisotopic (exact) mass is 304 g/mol. The van der Waals surface area contributed by atoms with Gasteiger partial charge >= 0.3 is 0 Å². The van der Waals surface area contributed by atoms with Gasteiger partial charge in [0.15, 0.2) is 5.82 Å². The van der Waals surface area contributed by atoms with Crippen LogP contribution in [-0.4, -0.2) is 32.9 Å². The van der Waals surface area contributed by atoms with Gasteiger partial charge in [0.1, 0.15) is 0 Å². The highest BCUT2D eigenvalue weighted by Crippen LogP contribution is 2.18. The number of hydrogen-bond donors (Lipinski definition) is 2. The third kappa shape index (κ3) is 4.60. The van der Waals surface area contributed by atoms with E-state index in [2.05, 4.69) is 34.3 Å². The second-order valence-corrected chi connectivity index (χ2v) is 5.64. The lowest BCUT2D eigenvalue weighted by Crippen LogP contribution is -2.35. The number of benzene rings is 1. The molecule has 21 heavy (non-hydrogen) atoms. The van der Waals surface area contributed by atoms with Crippen LogP contribution in [0.4, 0.5) is 0 Å². The molecule has 0 spiro atoms.